The largest absolute Gasteiger partial charge is 0.370 e. The molecule has 0 aromatic heterocycles. The number of piperazine rings is 1. The van der Waals surface area contributed by atoms with E-state index < -0.39 is 0 Å². The van der Waals surface area contributed by atoms with Crippen LogP contribution in [0.4, 0.5) is 5.69 Å². The van der Waals surface area contributed by atoms with E-state index in [9.17, 15) is 0 Å². The number of rotatable bonds is 7. The number of guanidine groups is 1. The first-order valence-electron chi connectivity index (χ1n) is 9.89. The number of nitrogens with two attached hydrogens (primary N) is 1. The minimum absolute atomic E-state index is 0.531. The molecule has 0 saturated carbocycles. The highest BCUT2D eigenvalue weighted by molar-refractivity contribution is 5.77. The van der Waals surface area contributed by atoms with Crippen molar-refractivity contribution in [1.82, 2.24) is 10.2 Å². The van der Waals surface area contributed by atoms with Gasteiger partial charge in [-0.1, -0.05) is 49.4 Å². The predicted octanol–water partition coefficient (Wildman–Crippen LogP) is 2.82. The van der Waals surface area contributed by atoms with Gasteiger partial charge in [-0.2, -0.15) is 0 Å². The highest BCUT2D eigenvalue weighted by Gasteiger charge is 2.17. The van der Waals surface area contributed by atoms with Crippen LogP contribution in [-0.4, -0.2) is 43.6 Å². The van der Waals surface area contributed by atoms with Gasteiger partial charge in [0.15, 0.2) is 5.96 Å². The molecule has 3 rings (SSSR count). The Morgan fingerprint density at radius 3 is 2.33 bits per heavy atom. The Balaban J connectivity index is 1.55. The van der Waals surface area contributed by atoms with Gasteiger partial charge in [0.05, 0.1) is 6.54 Å². The van der Waals surface area contributed by atoms with E-state index in [0.29, 0.717) is 12.5 Å². The van der Waals surface area contributed by atoms with Gasteiger partial charge in [-0.25, -0.2) is 4.99 Å². The van der Waals surface area contributed by atoms with Crippen LogP contribution in [0.15, 0.2) is 59.6 Å². The molecule has 27 heavy (non-hydrogen) atoms. The lowest BCUT2D eigenvalue weighted by molar-refractivity contribution is 0.249. The Hall–Kier alpha value is -2.53. The number of hydrogen-bond donors (Lipinski definition) is 2. The maximum atomic E-state index is 5.94. The zero-order valence-corrected chi connectivity index (χ0v) is 16.3. The molecule has 0 bridgehead atoms. The van der Waals surface area contributed by atoms with Crippen LogP contribution in [0.2, 0.25) is 0 Å². The molecular weight excluding hydrogens is 334 g/mol. The first-order valence-corrected chi connectivity index (χ1v) is 9.89. The van der Waals surface area contributed by atoms with Crippen molar-refractivity contribution in [3.63, 3.8) is 0 Å². The van der Waals surface area contributed by atoms with Crippen LogP contribution >= 0.6 is 0 Å². The van der Waals surface area contributed by atoms with Crippen LogP contribution < -0.4 is 16.0 Å². The first kappa shape index (κ1) is 19.2. The van der Waals surface area contributed by atoms with Crippen molar-refractivity contribution in [2.24, 2.45) is 10.7 Å². The Kier molecular flexibility index (Phi) is 7.11. The van der Waals surface area contributed by atoms with Crippen molar-refractivity contribution in [3.8, 4) is 0 Å². The maximum Gasteiger partial charge on any atom is 0.188 e. The molecule has 0 radical (unpaired) electrons. The van der Waals surface area contributed by atoms with Crippen LogP contribution in [0.1, 0.15) is 24.5 Å². The number of aliphatic imine (C=N–C) groups is 1. The van der Waals surface area contributed by atoms with E-state index in [1.807, 2.05) is 0 Å². The summed E-state index contributed by atoms with van der Waals surface area (Å²) in [6, 6.07) is 19.2. The van der Waals surface area contributed by atoms with E-state index in [2.05, 4.69) is 81.6 Å². The van der Waals surface area contributed by atoms with Gasteiger partial charge in [0.1, 0.15) is 0 Å². The maximum absolute atomic E-state index is 5.94. The second kappa shape index (κ2) is 9.97. The minimum atomic E-state index is 0.531. The molecule has 1 aliphatic heterocycles. The zero-order valence-electron chi connectivity index (χ0n) is 16.3. The molecule has 0 aliphatic carbocycles. The standard InChI is InChI=1S/C22H31N5/c1-2-12-24-22(23)25-17-19-8-6-7-9-20(19)18-26-13-15-27(16-14-26)21-10-4-3-5-11-21/h3-11H,2,12-18H2,1H3,(H3,23,24,25). The molecular formula is C22H31N5. The molecule has 0 amide bonds. The van der Waals surface area contributed by atoms with Gasteiger partial charge in [-0.05, 0) is 29.7 Å². The molecule has 1 saturated heterocycles. The van der Waals surface area contributed by atoms with Crippen molar-refractivity contribution in [3.05, 3.63) is 65.7 Å². The van der Waals surface area contributed by atoms with E-state index in [4.69, 9.17) is 5.73 Å². The summed E-state index contributed by atoms with van der Waals surface area (Å²) in [5.41, 5.74) is 9.86. The van der Waals surface area contributed by atoms with Gasteiger partial charge in [-0.15, -0.1) is 0 Å². The van der Waals surface area contributed by atoms with Gasteiger partial charge in [-0.3, -0.25) is 4.90 Å². The first-order chi connectivity index (χ1) is 13.3. The summed E-state index contributed by atoms with van der Waals surface area (Å²) in [7, 11) is 0. The number of nitrogens with zero attached hydrogens (tertiary/aromatic N) is 3. The van der Waals surface area contributed by atoms with Gasteiger partial charge in [0, 0.05) is 45.0 Å². The number of hydrogen-bond acceptors (Lipinski definition) is 3. The molecule has 1 heterocycles. The van der Waals surface area contributed by atoms with Crippen molar-refractivity contribution < 1.29 is 0 Å². The van der Waals surface area contributed by atoms with E-state index >= 15 is 0 Å². The van der Waals surface area contributed by atoms with Gasteiger partial charge < -0.3 is 16.0 Å². The van der Waals surface area contributed by atoms with Gasteiger partial charge >= 0.3 is 0 Å². The van der Waals surface area contributed by atoms with E-state index in [-0.39, 0.29) is 0 Å². The van der Waals surface area contributed by atoms with Gasteiger partial charge in [0.2, 0.25) is 0 Å². The monoisotopic (exact) mass is 365 g/mol. The molecule has 5 nitrogen and oxygen atoms in total. The fourth-order valence-corrected chi connectivity index (χ4v) is 3.39. The minimum Gasteiger partial charge on any atom is -0.370 e. The third-order valence-electron chi connectivity index (χ3n) is 4.98. The summed E-state index contributed by atoms with van der Waals surface area (Å²) in [6.45, 7) is 8.87. The zero-order chi connectivity index (χ0) is 18.9. The lowest BCUT2D eigenvalue weighted by Gasteiger charge is -2.36. The van der Waals surface area contributed by atoms with Crippen molar-refractivity contribution >= 4 is 11.6 Å². The molecule has 0 unspecified atom stereocenters. The van der Waals surface area contributed by atoms with Crippen LogP contribution in [0.25, 0.3) is 0 Å². The highest BCUT2D eigenvalue weighted by atomic mass is 15.3. The van der Waals surface area contributed by atoms with Gasteiger partial charge in [0.25, 0.3) is 0 Å². The number of benzene rings is 2. The topological polar surface area (TPSA) is 56.9 Å². The summed E-state index contributed by atoms with van der Waals surface area (Å²) < 4.78 is 0. The second-order valence-corrected chi connectivity index (χ2v) is 7.00. The number of anilines is 1. The van der Waals surface area contributed by atoms with Crippen LogP contribution in [-0.2, 0) is 13.1 Å². The predicted molar refractivity (Wildman–Crippen MR) is 114 cm³/mol. The lowest BCUT2D eigenvalue weighted by Crippen LogP contribution is -2.46. The Morgan fingerprint density at radius 2 is 1.63 bits per heavy atom. The molecule has 5 heteroatoms. The lowest BCUT2D eigenvalue weighted by atomic mass is 10.1. The highest BCUT2D eigenvalue weighted by Crippen LogP contribution is 2.18. The summed E-state index contributed by atoms with van der Waals surface area (Å²) in [6.07, 6.45) is 1.04. The molecule has 2 aromatic carbocycles. The van der Waals surface area contributed by atoms with E-state index in [1.165, 1.54) is 16.8 Å². The molecule has 1 fully saturated rings. The van der Waals surface area contributed by atoms with Crippen LogP contribution in [0.3, 0.4) is 0 Å². The third-order valence-corrected chi connectivity index (χ3v) is 4.98. The average Bonchev–Trinajstić information content (AvgIpc) is 2.73. The summed E-state index contributed by atoms with van der Waals surface area (Å²) in [5, 5.41) is 3.14. The fourth-order valence-electron chi connectivity index (χ4n) is 3.39. The van der Waals surface area contributed by atoms with Crippen molar-refractivity contribution in [2.75, 3.05) is 37.6 Å². The Morgan fingerprint density at radius 1 is 0.963 bits per heavy atom. The summed E-state index contributed by atoms with van der Waals surface area (Å²) in [4.78, 5) is 9.49. The molecule has 3 N–H and O–H groups in total. The molecule has 144 valence electrons. The molecule has 0 atom stereocenters. The number of para-hydroxylation sites is 1. The van der Waals surface area contributed by atoms with E-state index in [0.717, 1.165) is 45.7 Å². The van der Waals surface area contributed by atoms with E-state index in [1.54, 1.807) is 0 Å². The third kappa shape index (κ3) is 5.73. The second-order valence-electron chi connectivity index (χ2n) is 7.00. The van der Waals surface area contributed by atoms with Crippen LogP contribution in [0, 0.1) is 0 Å². The van der Waals surface area contributed by atoms with Crippen molar-refractivity contribution in [1.29, 1.82) is 0 Å². The Bertz CT molecular complexity index is 720. The Labute approximate surface area is 162 Å². The average molecular weight is 366 g/mol. The SMILES string of the molecule is CCCNC(N)=NCc1ccccc1CN1CCN(c2ccccc2)CC1. The summed E-state index contributed by atoms with van der Waals surface area (Å²) >= 11 is 0. The fraction of sp³-hybridized carbons (Fsp3) is 0.409. The molecule has 0 spiro atoms. The smallest absolute Gasteiger partial charge is 0.188 e. The molecule has 1 aliphatic rings. The normalized spacial score (nSPS) is 15.7. The number of nitrogens with one attached hydrogen (secondary N) is 1. The van der Waals surface area contributed by atoms with Crippen molar-refractivity contribution in [2.45, 2.75) is 26.4 Å². The quantitative estimate of drug-likeness (QED) is 0.585. The molecule has 2 aromatic rings. The van der Waals surface area contributed by atoms with Crippen LogP contribution in [0.5, 0.6) is 0 Å². The summed E-state index contributed by atoms with van der Waals surface area (Å²) in [5.74, 6) is 0.531.